The van der Waals surface area contributed by atoms with Gasteiger partial charge in [-0.15, -0.1) is 0 Å². The maximum atomic E-state index is 5.03. The molecule has 0 bridgehead atoms. The molecular formula is C28H21N. The van der Waals surface area contributed by atoms with E-state index in [4.69, 9.17) is 4.98 Å². The maximum absolute atomic E-state index is 5.03. The van der Waals surface area contributed by atoms with Gasteiger partial charge in [0, 0.05) is 11.1 Å². The van der Waals surface area contributed by atoms with E-state index in [-0.39, 0.29) is 0 Å². The topological polar surface area (TPSA) is 12.9 Å². The highest BCUT2D eigenvalue weighted by Crippen LogP contribution is 2.31. The molecule has 0 fully saturated rings. The molecule has 0 amide bonds. The number of pyridine rings is 1. The second kappa shape index (κ2) is 7.37. The predicted molar refractivity (Wildman–Crippen MR) is 123 cm³/mol. The number of rotatable bonds is 3. The van der Waals surface area contributed by atoms with E-state index in [0.717, 1.165) is 22.5 Å². The summed E-state index contributed by atoms with van der Waals surface area (Å²) < 4.78 is 0. The molecule has 5 aromatic rings. The van der Waals surface area contributed by atoms with Crippen LogP contribution in [0.3, 0.4) is 0 Å². The van der Waals surface area contributed by atoms with Crippen molar-refractivity contribution in [3.8, 4) is 33.6 Å². The van der Waals surface area contributed by atoms with Gasteiger partial charge in [0.05, 0.1) is 11.4 Å². The van der Waals surface area contributed by atoms with Crippen LogP contribution in [-0.4, -0.2) is 4.98 Å². The zero-order chi connectivity index (χ0) is 19.6. The third-order valence-electron chi connectivity index (χ3n) is 5.29. The van der Waals surface area contributed by atoms with E-state index in [0.29, 0.717) is 0 Å². The summed E-state index contributed by atoms with van der Waals surface area (Å²) in [7, 11) is 0. The molecule has 0 aliphatic rings. The minimum Gasteiger partial charge on any atom is -0.248 e. The normalized spacial score (nSPS) is 10.9. The van der Waals surface area contributed by atoms with Crippen molar-refractivity contribution in [2.75, 3.05) is 0 Å². The van der Waals surface area contributed by atoms with Crippen LogP contribution in [0.5, 0.6) is 0 Å². The van der Waals surface area contributed by atoms with Crippen molar-refractivity contribution in [2.24, 2.45) is 0 Å². The minimum atomic E-state index is 0.993. The molecular weight excluding hydrogens is 350 g/mol. The fourth-order valence-corrected chi connectivity index (χ4v) is 3.78. The third-order valence-corrected chi connectivity index (χ3v) is 5.29. The Morgan fingerprint density at radius 3 is 1.93 bits per heavy atom. The number of fused-ring (bicyclic) bond motifs is 1. The lowest BCUT2D eigenvalue weighted by Gasteiger charge is -2.11. The van der Waals surface area contributed by atoms with E-state index >= 15 is 0 Å². The third kappa shape index (κ3) is 3.55. The van der Waals surface area contributed by atoms with Crippen molar-refractivity contribution in [3.63, 3.8) is 0 Å². The number of hydrogen-bond donors (Lipinski definition) is 0. The quantitative estimate of drug-likeness (QED) is 0.319. The zero-order valence-electron chi connectivity index (χ0n) is 16.3. The molecule has 1 nitrogen and oxygen atoms in total. The van der Waals surface area contributed by atoms with Crippen LogP contribution in [0.25, 0.3) is 44.4 Å². The Morgan fingerprint density at radius 1 is 0.448 bits per heavy atom. The van der Waals surface area contributed by atoms with Gasteiger partial charge in [0.15, 0.2) is 0 Å². The van der Waals surface area contributed by atoms with Gasteiger partial charge < -0.3 is 0 Å². The summed E-state index contributed by atoms with van der Waals surface area (Å²) in [6.07, 6.45) is 0. The smallest absolute Gasteiger partial charge is 0.0715 e. The lowest BCUT2D eigenvalue weighted by Crippen LogP contribution is -1.91. The number of aromatic nitrogens is 1. The predicted octanol–water partition coefficient (Wildman–Crippen LogP) is 7.54. The van der Waals surface area contributed by atoms with E-state index in [1.165, 1.54) is 27.5 Å². The largest absolute Gasteiger partial charge is 0.248 e. The van der Waals surface area contributed by atoms with Gasteiger partial charge in [-0.2, -0.15) is 0 Å². The van der Waals surface area contributed by atoms with Crippen molar-refractivity contribution in [3.05, 3.63) is 115 Å². The molecule has 1 heteroatoms. The second-order valence-electron chi connectivity index (χ2n) is 7.42. The molecule has 0 aliphatic heterocycles. The Labute approximate surface area is 171 Å². The fourth-order valence-electron chi connectivity index (χ4n) is 3.78. The van der Waals surface area contributed by atoms with Crippen LogP contribution in [-0.2, 0) is 0 Å². The highest BCUT2D eigenvalue weighted by molar-refractivity contribution is 5.87. The van der Waals surface area contributed by atoms with Crippen molar-refractivity contribution < 1.29 is 0 Å². The Hall–Kier alpha value is -3.71. The van der Waals surface area contributed by atoms with Crippen molar-refractivity contribution in [1.29, 1.82) is 0 Å². The first-order valence-electron chi connectivity index (χ1n) is 9.90. The highest BCUT2D eigenvalue weighted by atomic mass is 14.7. The van der Waals surface area contributed by atoms with Crippen LogP contribution in [0.1, 0.15) is 5.56 Å². The van der Waals surface area contributed by atoms with E-state index in [1.54, 1.807) is 0 Å². The van der Waals surface area contributed by atoms with Gasteiger partial charge in [0.1, 0.15) is 0 Å². The van der Waals surface area contributed by atoms with Crippen molar-refractivity contribution in [1.82, 2.24) is 4.98 Å². The maximum Gasteiger partial charge on any atom is 0.0715 e. The molecule has 0 saturated heterocycles. The number of benzene rings is 4. The molecule has 0 radical (unpaired) electrons. The lowest BCUT2D eigenvalue weighted by molar-refractivity contribution is 1.32. The molecule has 1 aromatic heterocycles. The van der Waals surface area contributed by atoms with Crippen molar-refractivity contribution in [2.45, 2.75) is 6.92 Å². The van der Waals surface area contributed by atoms with E-state index in [1.807, 2.05) is 6.07 Å². The summed E-state index contributed by atoms with van der Waals surface area (Å²) in [5.74, 6) is 0. The van der Waals surface area contributed by atoms with Gasteiger partial charge in [-0.1, -0.05) is 96.6 Å². The van der Waals surface area contributed by atoms with Gasteiger partial charge in [-0.3, -0.25) is 0 Å². The van der Waals surface area contributed by atoms with Gasteiger partial charge >= 0.3 is 0 Å². The first kappa shape index (κ1) is 17.4. The average molecular weight is 371 g/mol. The van der Waals surface area contributed by atoms with Crippen LogP contribution in [0.15, 0.2) is 109 Å². The Kier molecular flexibility index (Phi) is 4.42. The van der Waals surface area contributed by atoms with Crippen LogP contribution in [0.4, 0.5) is 0 Å². The van der Waals surface area contributed by atoms with Crippen LogP contribution in [0, 0.1) is 6.92 Å². The van der Waals surface area contributed by atoms with Gasteiger partial charge in [0.2, 0.25) is 0 Å². The molecule has 0 N–H and O–H groups in total. The SMILES string of the molecule is Cc1cccc(-c2cc(-c3ccccc3)nc(-c3ccc4ccccc4c3)c2)c1. The molecule has 0 atom stereocenters. The lowest BCUT2D eigenvalue weighted by atomic mass is 9.98. The molecule has 5 rings (SSSR count). The van der Waals surface area contributed by atoms with Crippen molar-refractivity contribution >= 4 is 10.8 Å². The monoisotopic (exact) mass is 371 g/mol. The van der Waals surface area contributed by atoms with Gasteiger partial charge in [0.25, 0.3) is 0 Å². The van der Waals surface area contributed by atoms with E-state index < -0.39 is 0 Å². The average Bonchev–Trinajstić information content (AvgIpc) is 2.79. The van der Waals surface area contributed by atoms with Gasteiger partial charge in [-0.25, -0.2) is 4.98 Å². The summed E-state index contributed by atoms with van der Waals surface area (Å²) in [5.41, 5.74) is 7.91. The summed E-state index contributed by atoms with van der Waals surface area (Å²) in [5, 5.41) is 2.48. The van der Waals surface area contributed by atoms with Crippen LogP contribution >= 0.6 is 0 Å². The van der Waals surface area contributed by atoms with E-state index in [9.17, 15) is 0 Å². The molecule has 29 heavy (non-hydrogen) atoms. The molecule has 0 aliphatic carbocycles. The summed E-state index contributed by atoms with van der Waals surface area (Å²) >= 11 is 0. The van der Waals surface area contributed by atoms with Gasteiger partial charge in [-0.05, 0) is 47.0 Å². The van der Waals surface area contributed by atoms with Crippen LogP contribution < -0.4 is 0 Å². The zero-order valence-corrected chi connectivity index (χ0v) is 16.3. The standard InChI is InChI=1S/C28H21N/c1-20-8-7-13-23(16-20)26-18-27(22-10-3-2-4-11-22)29-28(19-26)25-15-14-21-9-5-6-12-24(21)17-25/h2-19H,1H3. The fraction of sp³-hybridized carbons (Fsp3) is 0.0357. The molecule has 0 unspecified atom stereocenters. The molecule has 138 valence electrons. The molecule has 0 spiro atoms. The minimum absolute atomic E-state index is 0.993. The molecule has 4 aromatic carbocycles. The highest BCUT2D eigenvalue weighted by Gasteiger charge is 2.09. The summed E-state index contributed by atoms with van der Waals surface area (Å²) in [4.78, 5) is 5.03. The Morgan fingerprint density at radius 2 is 1.14 bits per heavy atom. The molecule has 1 heterocycles. The Bertz CT molecular complexity index is 1300. The number of hydrogen-bond acceptors (Lipinski definition) is 1. The summed E-state index contributed by atoms with van der Waals surface area (Å²) in [6, 6.07) is 38.5. The number of aryl methyl sites for hydroxylation is 1. The van der Waals surface area contributed by atoms with Crippen LogP contribution in [0.2, 0.25) is 0 Å². The first-order chi connectivity index (χ1) is 14.3. The Balaban J connectivity index is 1.72. The number of nitrogens with zero attached hydrogens (tertiary/aromatic N) is 1. The molecule has 0 saturated carbocycles. The first-order valence-corrected chi connectivity index (χ1v) is 9.90. The second-order valence-corrected chi connectivity index (χ2v) is 7.42. The summed E-state index contributed by atoms with van der Waals surface area (Å²) in [6.45, 7) is 2.13. The van der Waals surface area contributed by atoms with E-state index in [2.05, 4.69) is 110 Å².